The molecule has 0 aliphatic heterocycles. The van der Waals surface area contributed by atoms with E-state index in [0.717, 1.165) is 0 Å². The predicted octanol–water partition coefficient (Wildman–Crippen LogP) is 1.28. The smallest absolute Gasteiger partial charge is 0.248 e. The fourth-order valence-corrected chi connectivity index (χ4v) is 1.46. The molecular weight excluding hydrogens is 234 g/mol. The zero-order valence-corrected chi connectivity index (χ0v) is 10.7. The van der Waals surface area contributed by atoms with Crippen LogP contribution >= 0.6 is 0 Å². The second kappa shape index (κ2) is 5.26. The molecule has 7 heteroatoms. The Morgan fingerprint density at radius 3 is 2.83 bits per heavy atom. The van der Waals surface area contributed by atoms with E-state index in [1.807, 2.05) is 20.8 Å². The molecule has 0 aliphatic rings. The van der Waals surface area contributed by atoms with Gasteiger partial charge in [-0.3, -0.25) is 0 Å². The molecule has 0 saturated carbocycles. The zero-order chi connectivity index (χ0) is 13.1. The van der Waals surface area contributed by atoms with Crippen molar-refractivity contribution in [2.24, 2.45) is 0 Å². The number of aliphatic hydroxyl groups is 1. The van der Waals surface area contributed by atoms with Crippen molar-refractivity contribution in [3.05, 3.63) is 23.6 Å². The van der Waals surface area contributed by atoms with E-state index in [1.165, 1.54) is 0 Å². The Hall–Kier alpha value is -1.76. The van der Waals surface area contributed by atoms with E-state index in [-0.39, 0.29) is 5.92 Å². The van der Waals surface area contributed by atoms with Gasteiger partial charge in [0.25, 0.3) is 0 Å². The average molecular weight is 251 g/mol. The molecule has 0 aromatic carbocycles. The van der Waals surface area contributed by atoms with Gasteiger partial charge < -0.3 is 9.63 Å². The molecule has 98 valence electrons. The highest BCUT2D eigenvalue weighted by molar-refractivity contribution is 4.98. The van der Waals surface area contributed by atoms with E-state index in [4.69, 9.17) is 4.52 Å². The van der Waals surface area contributed by atoms with Crippen LogP contribution < -0.4 is 0 Å². The van der Waals surface area contributed by atoms with Crippen molar-refractivity contribution in [3.8, 4) is 0 Å². The molecule has 1 atom stereocenters. The first-order valence-electron chi connectivity index (χ1n) is 6.00. The maximum absolute atomic E-state index is 9.62. The van der Waals surface area contributed by atoms with Crippen molar-refractivity contribution in [2.45, 2.75) is 45.8 Å². The summed E-state index contributed by atoms with van der Waals surface area (Å²) in [5, 5.41) is 21.3. The summed E-state index contributed by atoms with van der Waals surface area (Å²) in [5.74, 6) is 1.40. The van der Waals surface area contributed by atoms with Crippen molar-refractivity contribution in [1.82, 2.24) is 25.1 Å². The van der Waals surface area contributed by atoms with Gasteiger partial charge in [0.2, 0.25) is 5.89 Å². The summed E-state index contributed by atoms with van der Waals surface area (Å²) in [6.45, 7) is 6.25. The molecule has 1 unspecified atom stereocenters. The number of aliphatic hydroxyl groups excluding tert-OH is 1. The largest absolute Gasteiger partial charge is 0.387 e. The highest BCUT2D eigenvalue weighted by Crippen LogP contribution is 2.13. The molecule has 7 nitrogen and oxygen atoms in total. The van der Waals surface area contributed by atoms with Crippen LogP contribution in [0, 0.1) is 0 Å². The lowest BCUT2D eigenvalue weighted by Crippen LogP contribution is -2.01. The number of rotatable bonds is 5. The number of nitrogens with zero attached hydrogens (tertiary/aromatic N) is 5. The molecule has 0 amide bonds. The van der Waals surface area contributed by atoms with Gasteiger partial charge in [-0.2, -0.15) is 4.98 Å². The maximum Gasteiger partial charge on any atom is 0.248 e. The second-order valence-electron chi connectivity index (χ2n) is 4.47. The fraction of sp³-hybridized carbons (Fsp3) is 0.636. The van der Waals surface area contributed by atoms with Gasteiger partial charge in [-0.1, -0.05) is 31.1 Å². The minimum Gasteiger partial charge on any atom is -0.387 e. The number of hydrogen-bond donors (Lipinski definition) is 1. The van der Waals surface area contributed by atoms with Crippen molar-refractivity contribution >= 4 is 0 Å². The summed E-state index contributed by atoms with van der Waals surface area (Å²) < 4.78 is 6.69. The average Bonchev–Trinajstić information content (AvgIpc) is 2.98. The summed E-state index contributed by atoms with van der Waals surface area (Å²) in [4.78, 5) is 4.25. The van der Waals surface area contributed by atoms with Crippen LogP contribution in [0.2, 0.25) is 0 Å². The molecule has 18 heavy (non-hydrogen) atoms. The van der Waals surface area contributed by atoms with Gasteiger partial charge >= 0.3 is 0 Å². The highest BCUT2D eigenvalue weighted by Gasteiger charge is 2.13. The SMILES string of the molecule is CCC(O)c1cn(Cc2nc(C(C)C)no2)nn1. The van der Waals surface area contributed by atoms with Crippen molar-refractivity contribution in [2.75, 3.05) is 0 Å². The molecule has 2 heterocycles. The van der Waals surface area contributed by atoms with Crippen LogP contribution in [0.4, 0.5) is 0 Å². The van der Waals surface area contributed by atoms with E-state index in [9.17, 15) is 5.11 Å². The van der Waals surface area contributed by atoms with Crippen LogP contribution in [0.3, 0.4) is 0 Å². The molecular formula is C11H17N5O2. The summed E-state index contributed by atoms with van der Waals surface area (Å²) >= 11 is 0. The van der Waals surface area contributed by atoms with Gasteiger partial charge in [-0.05, 0) is 6.42 Å². The van der Waals surface area contributed by atoms with Crippen LogP contribution in [0.25, 0.3) is 0 Å². The molecule has 0 saturated heterocycles. The standard InChI is InChI=1S/C11H17N5O2/c1-4-9(17)8-5-16(15-13-8)6-10-12-11(7(2)3)14-18-10/h5,7,9,17H,4,6H2,1-3H3. The maximum atomic E-state index is 9.62. The zero-order valence-electron chi connectivity index (χ0n) is 10.7. The van der Waals surface area contributed by atoms with Gasteiger partial charge in [0.05, 0.1) is 12.3 Å². The minimum atomic E-state index is -0.576. The lowest BCUT2D eigenvalue weighted by atomic mass is 10.2. The molecule has 0 bridgehead atoms. The monoisotopic (exact) mass is 251 g/mol. The second-order valence-corrected chi connectivity index (χ2v) is 4.47. The third kappa shape index (κ3) is 2.73. The molecule has 0 spiro atoms. The molecule has 2 aromatic heterocycles. The molecule has 0 radical (unpaired) electrons. The predicted molar refractivity (Wildman–Crippen MR) is 62.8 cm³/mol. The lowest BCUT2D eigenvalue weighted by molar-refractivity contribution is 0.168. The Morgan fingerprint density at radius 2 is 2.22 bits per heavy atom. The van der Waals surface area contributed by atoms with Gasteiger partial charge in [-0.25, -0.2) is 4.68 Å². The van der Waals surface area contributed by atoms with Crippen LogP contribution in [0.5, 0.6) is 0 Å². The van der Waals surface area contributed by atoms with Crippen molar-refractivity contribution in [1.29, 1.82) is 0 Å². The van der Waals surface area contributed by atoms with Gasteiger partial charge in [0.15, 0.2) is 5.82 Å². The minimum absolute atomic E-state index is 0.232. The van der Waals surface area contributed by atoms with Gasteiger partial charge in [0.1, 0.15) is 12.2 Å². The van der Waals surface area contributed by atoms with E-state index >= 15 is 0 Å². The fourth-order valence-electron chi connectivity index (χ4n) is 1.46. The normalized spacial score (nSPS) is 13.2. The van der Waals surface area contributed by atoms with Gasteiger partial charge in [-0.15, -0.1) is 5.10 Å². The van der Waals surface area contributed by atoms with Crippen LogP contribution in [0.15, 0.2) is 10.7 Å². The van der Waals surface area contributed by atoms with E-state index in [1.54, 1.807) is 10.9 Å². The Kier molecular flexibility index (Phi) is 3.71. The van der Waals surface area contributed by atoms with Crippen LogP contribution in [-0.2, 0) is 6.54 Å². The van der Waals surface area contributed by atoms with E-state index in [0.29, 0.717) is 30.4 Å². The summed E-state index contributed by atoms with van der Waals surface area (Å²) in [6.07, 6.45) is 1.72. The van der Waals surface area contributed by atoms with E-state index < -0.39 is 6.10 Å². The quantitative estimate of drug-likeness (QED) is 0.860. The Bertz CT molecular complexity index is 505. The summed E-state index contributed by atoms with van der Waals surface area (Å²) in [5.41, 5.74) is 0.557. The van der Waals surface area contributed by atoms with Gasteiger partial charge in [0, 0.05) is 5.92 Å². The Balaban J connectivity index is 2.06. The first-order valence-corrected chi connectivity index (χ1v) is 6.00. The third-order valence-corrected chi connectivity index (χ3v) is 2.58. The van der Waals surface area contributed by atoms with Crippen molar-refractivity contribution < 1.29 is 9.63 Å². The molecule has 0 aliphatic carbocycles. The third-order valence-electron chi connectivity index (χ3n) is 2.58. The first-order chi connectivity index (χ1) is 8.60. The molecule has 2 aromatic rings. The summed E-state index contributed by atoms with van der Waals surface area (Å²) in [6, 6.07) is 0. The van der Waals surface area contributed by atoms with Crippen LogP contribution in [-0.4, -0.2) is 30.2 Å². The molecule has 1 N–H and O–H groups in total. The molecule has 2 rings (SSSR count). The topological polar surface area (TPSA) is 89.9 Å². The lowest BCUT2D eigenvalue weighted by Gasteiger charge is -2.00. The number of hydrogen-bond acceptors (Lipinski definition) is 6. The highest BCUT2D eigenvalue weighted by atomic mass is 16.5. The Labute approximate surface area is 105 Å². The molecule has 0 fully saturated rings. The number of aromatic nitrogens is 5. The summed E-state index contributed by atoms with van der Waals surface area (Å²) in [7, 11) is 0. The van der Waals surface area contributed by atoms with E-state index in [2.05, 4.69) is 20.5 Å². The first kappa shape index (κ1) is 12.7. The van der Waals surface area contributed by atoms with Crippen LogP contribution in [0.1, 0.15) is 56.6 Å². The van der Waals surface area contributed by atoms with Crippen molar-refractivity contribution in [3.63, 3.8) is 0 Å². The Morgan fingerprint density at radius 1 is 1.44 bits per heavy atom.